The van der Waals surface area contributed by atoms with Gasteiger partial charge in [-0.25, -0.2) is 4.39 Å². The summed E-state index contributed by atoms with van der Waals surface area (Å²) in [5.74, 6) is -0.773. The van der Waals surface area contributed by atoms with Crippen LogP contribution in [0.4, 0.5) is 10.1 Å². The molecule has 0 saturated carbocycles. The maximum Gasteiger partial charge on any atom is 0.253 e. The standard InChI is InChI=1S/C11H15FN2O/c1-2-3-6-14-11(15)9-7-8(12)4-5-10(9)13/h4-5,7H,2-3,6,13H2,1H3,(H,14,15). The van der Waals surface area contributed by atoms with E-state index in [1.54, 1.807) is 0 Å². The van der Waals surface area contributed by atoms with Crippen molar-refractivity contribution < 1.29 is 9.18 Å². The first kappa shape index (κ1) is 11.5. The number of amides is 1. The van der Waals surface area contributed by atoms with Crippen molar-refractivity contribution in [2.24, 2.45) is 0 Å². The SMILES string of the molecule is CCCCNC(=O)c1cc(F)ccc1N. The van der Waals surface area contributed by atoms with Crippen LogP contribution in [0.3, 0.4) is 0 Å². The molecule has 0 fully saturated rings. The summed E-state index contributed by atoms with van der Waals surface area (Å²) < 4.78 is 12.9. The Morgan fingerprint density at radius 1 is 1.53 bits per heavy atom. The Morgan fingerprint density at radius 2 is 2.27 bits per heavy atom. The van der Waals surface area contributed by atoms with Crippen molar-refractivity contribution in [1.82, 2.24) is 5.32 Å². The molecule has 0 unspecified atom stereocenters. The first-order valence-corrected chi connectivity index (χ1v) is 4.98. The molecule has 0 aliphatic heterocycles. The van der Waals surface area contributed by atoms with Gasteiger partial charge in [-0.1, -0.05) is 13.3 Å². The minimum Gasteiger partial charge on any atom is -0.398 e. The number of anilines is 1. The van der Waals surface area contributed by atoms with Gasteiger partial charge >= 0.3 is 0 Å². The Kier molecular flexibility index (Phi) is 4.09. The fourth-order valence-electron chi connectivity index (χ4n) is 1.20. The first-order chi connectivity index (χ1) is 7.15. The molecule has 15 heavy (non-hydrogen) atoms. The molecule has 0 aliphatic carbocycles. The highest BCUT2D eigenvalue weighted by molar-refractivity contribution is 5.99. The third-order valence-corrected chi connectivity index (χ3v) is 2.08. The fourth-order valence-corrected chi connectivity index (χ4v) is 1.20. The van der Waals surface area contributed by atoms with E-state index in [2.05, 4.69) is 5.32 Å². The molecule has 82 valence electrons. The van der Waals surface area contributed by atoms with Gasteiger partial charge < -0.3 is 11.1 Å². The van der Waals surface area contributed by atoms with Gasteiger partial charge in [0.2, 0.25) is 0 Å². The summed E-state index contributed by atoms with van der Waals surface area (Å²) >= 11 is 0. The molecular formula is C11H15FN2O. The number of nitrogens with two attached hydrogens (primary N) is 1. The van der Waals surface area contributed by atoms with E-state index in [0.29, 0.717) is 12.2 Å². The van der Waals surface area contributed by atoms with Crippen molar-refractivity contribution >= 4 is 11.6 Å². The van der Waals surface area contributed by atoms with E-state index < -0.39 is 5.82 Å². The zero-order valence-corrected chi connectivity index (χ0v) is 8.72. The van der Waals surface area contributed by atoms with E-state index in [-0.39, 0.29) is 11.5 Å². The molecule has 0 spiro atoms. The highest BCUT2D eigenvalue weighted by Crippen LogP contribution is 2.12. The molecule has 1 aromatic rings. The number of benzene rings is 1. The van der Waals surface area contributed by atoms with Crippen LogP contribution in [0.2, 0.25) is 0 Å². The van der Waals surface area contributed by atoms with Crippen LogP contribution in [-0.4, -0.2) is 12.5 Å². The summed E-state index contributed by atoms with van der Waals surface area (Å²) in [6.07, 6.45) is 1.90. The Labute approximate surface area is 88.5 Å². The van der Waals surface area contributed by atoms with Crippen molar-refractivity contribution in [3.8, 4) is 0 Å². The smallest absolute Gasteiger partial charge is 0.253 e. The number of carbonyl (C=O) groups is 1. The maximum atomic E-state index is 12.9. The topological polar surface area (TPSA) is 55.1 Å². The van der Waals surface area contributed by atoms with Crippen LogP contribution in [0, 0.1) is 5.82 Å². The van der Waals surface area contributed by atoms with E-state index in [4.69, 9.17) is 5.73 Å². The molecule has 0 bridgehead atoms. The number of carbonyl (C=O) groups excluding carboxylic acids is 1. The van der Waals surface area contributed by atoms with Crippen LogP contribution < -0.4 is 11.1 Å². The van der Waals surface area contributed by atoms with Gasteiger partial charge in [0.25, 0.3) is 5.91 Å². The van der Waals surface area contributed by atoms with Gasteiger partial charge in [-0.15, -0.1) is 0 Å². The number of halogens is 1. The monoisotopic (exact) mass is 210 g/mol. The molecule has 1 amide bonds. The summed E-state index contributed by atoms with van der Waals surface area (Å²) in [5.41, 5.74) is 6.06. The fraction of sp³-hybridized carbons (Fsp3) is 0.364. The van der Waals surface area contributed by atoms with Gasteiger partial charge in [0, 0.05) is 12.2 Å². The lowest BCUT2D eigenvalue weighted by Crippen LogP contribution is -2.25. The maximum absolute atomic E-state index is 12.9. The van der Waals surface area contributed by atoms with Crippen LogP contribution in [0.5, 0.6) is 0 Å². The van der Waals surface area contributed by atoms with E-state index in [1.165, 1.54) is 12.1 Å². The van der Waals surface area contributed by atoms with Crippen molar-refractivity contribution in [1.29, 1.82) is 0 Å². The number of rotatable bonds is 4. The number of hydrogen-bond donors (Lipinski definition) is 2. The van der Waals surface area contributed by atoms with Crippen LogP contribution in [0.1, 0.15) is 30.1 Å². The van der Waals surface area contributed by atoms with Crippen molar-refractivity contribution in [3.05, 3.63) is 29.6 Å². The van der Waals surface area contributed by atoms with Crippen molar-refractivity contribution in [2.75, 3.05) is 12.3 Å². The second-order valence-electron chi connectivity index (χ2n) is 3.34. The van der Waals surface area contributed by atoms with Crippen molar-refractivity contribution in [3.63, 3.8) is 0 Å². The second-order valence-corrected chi connectivity index (χ2v) is 3.34. The Balaban J connectivity index is 2.68. The molecule has 0 heterocycles. The predicted molar refractivity (Wildman–Crippen MR) is 58.1 cm³/mol. The summed E-state index contributed by atoms with van der Waals surface area (Å²) in [7, 11) is 0. The third kappa shape index (κ3) is 3.23. The zero-order chi connectivity index (χ0) is 11.3. The lowest BCUT2D eigenvalue weighted by atomic mass is 10.1. The third-order valence-electron chi connectivity index (χ3n) is 2.08. The Hall–Kier alpha value is -1.58. The number of nitrogens with one attached hydrogen (secondary N) is 1. The Bertz CT molecular complexity index is 352. The van der Waals surface area contributed by atoms with Gasteiger partial charge in [0.05, 0.1) is 5.56 Å². The zero-order valence-electron chi connectivity index (χ0n) is 8.72. The lowest BCUT2D eigenvalue weighted by Gasteiger charge is -2.06. The molecular weight excluding hydrogens is 195 g/mol. The Morgan fingerprint density at radius 3 is 2.93 bits per heavy atom. The van der Waals surface area contributed by atoms with Crippen LogP contribution in [0.25, 0.3) is 0 Å². The molecule has 0 saturated heterocycles. The van der Waals surface area contributed by atoms with Gasteiger partial charge in [-0.3, -0.25) is 4.79 Å². The second kappa shape index (κ2) is 5.34. The number of hydrogen-bond acceptors (Lipinski definition) is 2. The molecule has 3 nitrogen and oxygen atoms in total. The minimum absolute atomic E-state index is 0.200. The minimum atomic E-state index is -0.454. The van der Waals surface area contributed by atoms with E-state index in [1.807, 2.05) is 6.92 Å². The molecule has 4 heteroatoms. The van der Waals surface area contributed by atoms with Crippen LogP contribution in [-0.2, 0) is 0 Å². The molecule has 0 radical (unpaired) electrons. The summed E-state index contributed by atoms with van der Waals surface area (Å²) in [5, 5.41) is 2.68. The molecule has 0 aromatic heterocycles. The van der Waals surface area contributed by atoms with Gasteiger partial charge in [-0.05, 0) is 24.6 Å². The van der Waals surface area contributed by atoms with E-state index in [0.717, 1.165) is 18.9 Å². The van der Waals surface area contributed by atoms with Gasteiger partial charge in [-0.2, -0.15) is 0 Å². The van der Waals surface area contributed by atoms with E-state index >= 15 is 0 Å². The number of unbranched alkanes of at least 4 members (excludes halogenated alkanes) is 1. The summed E-state index contributed by atoms with van der Waals surface area (Å²) in [4.78, 5) is 11.5. The summed E-state index contributed by atoms with van der Waals surface area (Å²) in [6, 6.07) is 3.78. The largest absolute Gasteiger partial charge is 0.398 e. The van der Waals surface area contributed by atoms with Gasteiger partial charge in [0.1, 0.15) is 5.82 Å². The van der Waals surface area contributed by atoms with Crippen LogP contribution in [0.15, 0.2) is 18.2 Å². The van der Waals surface area contributed by atoms with Crippen molar-refractivity contribution in [2.45, 2.75) is 19.8 Å². The van der Waals surface area contributed by atoms with Gasteiger partial charge in [0.15, 0.2) is 0 Å². The molecule has 0 aliphatic rings. The highest BCUT2D eigenvalue weighted by atomic mass is 19.1. The number of nitrogen functional groups attached to an aromatic ring is 1. The van der Waals surface area contributed by atoms with Crippen LogP contribution >= 0.6 is 0 Å². The molecule has 1 aromatic carbocycles. The molecule has 0 atom stereocenters. The first-order valence-electron chi connectivity index (χ1n) is 4.98. The lowest BCUT2D eigenvalue weighted by molar-refractivity contribution is 0.0953. The highest BCUT2D eigenvalue weighted by Gasteiger charge is 2.09. The normalized spacial score (nSPS) is 10.0. The quantitative estimate of drug-likeness (QED) is 0.589. The van der Waals surface area contributed by atoms with E-state index in [9.17, 15) is 9.18 Å². The molecule has 3 N–H and O–H groups in total. The average Bonchev–Trinajstić information content (AvgIpc) is 2.22. The summed E-state index contributed by atoms with van der Waals surface area (Å²) in [6.45, 7) is 2.62. The average molecular weight is 210 g/mol. The predicted octanol–water partition coefficient (Wildman–Crippen LogP) is 1.94. The molecule has 1 rings (SSSR count).